The molecule has 0 amide bonds. The average Bonchev–Trinajstić information content (AvgIpc) is 3.33. The van der Waals surface area contributed by atoms with Crippen molar-refractivity contribution in [3.8, 4) is 0 Å². The van der Waals surface area contributed by atoms with Gasteiger partial charge in [-0.15, -0.1) is 0 Å². The number of nitrogen functional groups attached to an aromatic ring is 1. The van der Waals surface area contributed by atoms with Crippen LogP contribution in [0, 0.1) is 0 Å². The summed E-state index contributed by atoms with van der Waals surface area (Å²) in [5.74, 6) is 1.82. The largest absolute Gasteiger partial charge is 0.467 e. The number of nitrogens with one attached hydrogen (secondary N) is 1. The van der Waals surface area contributed by atoms with Crippen molar-refractivity contribution >= 4 is 51.8 Å². The molecule has 3 aromatic heterocycles. The number of benzene rings is 2. The maximum Gasteiger partial charge on any atom is 0.262 e. The summed E-state index contributed by atoms with van der Waals surface area (Å²) in [5.41, 5.74) is 7.05. The summed E-state index contributed by atoms with van der Waals surface area (Å²) in [6, 6.07) is 18.1. The van der Waals surface area contributed by atoms with E-state index in [9.17, 15) is 4.79 Å². The summed E-state index contributed by atoms with van der Waals surface area (Å²) < 4.78 is 7.02. The predicted molar refractivity (Wildman–Crippen MR) is 132 cm³/mol. The molecule has 34 heavy (non-hydrogen) atoms. The Morgan fingerprint density at radius 3 is 2.68 bits per heavy atom. The maximum atomic E-state index is 13.3. The number of anilines is 3. The van der Waals surface area contributed by atoms with Crippen molar-refractivity contribution in [2.24, 2.45) is 0 Å². The van der Waals surface area contributed by atoms with Crippen molar-refractivity contribution < 1.29 is 4.42 Å². The van der Waals surface area contributed by atoms with Crippen LogP contribution < -0.4 is 16.6 Å². The first-order chi connectivity index (χ1) is 16.5. The Kier molecular flexibility index (Phi) is 6.15. The third-order valence-corrected chi connectivity index (χ3v) is 6.04. The quantitative estimate of drug-likeness (QED) is 0.250. The lowest BCUT2D eigenvalue weighted by Gasteiger charge is -2.12. The predicted octanol–water partition coefficient (Wildman–Crippen LogP) is 4.49. The number of fused-ring (bicyclic) bond motifs is 1. The second-order valence-corrected chi connectivity index (χ2v) is 8.62. The van der Waals surface area contributed by atoms with E-state index in [1.54, 1.807) is 41.2 Å². The molecule has 0 unspecified atom stereocenters. The van der Waals surface area contributed by atoms with Crippen molar-refractivity contribution in [2.45, 2.75) is 17.5 Å². The molecule has 2 aromatic carbocycles. The number of furan rings is 1. The van der Waals surface area contributed by atoms with Crippen LogP contribution in [-0.4, -0.2) is 24.5 Å². The Bertz CT molecular complexity index is 1510. The molecular weight excluding hydrogens is 474 g/mol. The van der Waals surface area contributed by atoms with Crippen LogP contribution in [0.3, 0.4) is 0 Å². The summed E-state index contributed by atoms with van der Waals surface area (Å²) in [7, 11) is 0. The van der Waals surface area contributed by atoms with Crippen LogP contribution in [0.1, 0.15) is 11.6 Å². The minimum Gasteiger partial charge on any atom is -0.467 e. The Labute approximate surface area is 203 Å². The van der Waals surface area contributed by atoms with Crippen molar-refractivity contribution in [1.29, 1.82) is 0 Å². The summed E-state index contributed by atoms with van der Waals surface area (Å²) in [6.45, 7) is 0.236. The van der Waals surface area contributed by atoms with Gasteiger partial charge in [-0.05, 0) is 42.5 Å². The van der Waals surface area contributed by atoms with Gasteiger partial charge in [-0.1, -0.05) is 41.6 Å². The highest BCUT2D eigenvalue weighted by Gasteiger charge is 2.15. The first kappa shape index (κ1) is 21.9. The van der Waals surface area contributed by atoms with Gasteiger partial charge in [0.2, 0.25) is 11.9 Å². The van der Waals surface area contributed by atoms with Crippen LogP contribution in [0.5, 0.6) is 0 Å². The molecule has 11 heteroatoms. The van der Waals surface area contributed by atoms with Gasteiger partial charge in [0.1, 0.15) is 11.6 Å². The molecule has 9 nitrogen and oxygen atoms in total. The topological polar surface area (TPSA) is 125 Å². The molecule has 0 aliphatic carbocycles. The first-order valence-corrected chi connectivity index (χ1v) is 11.6. The fourth-order valence-corrected chi connectivity index (χ4v) is 4.34. The molecule has 0 aliphatic rings. The van der Waals surface area contributed by atoms with Crippen LogP contribution in [0.15, 0.2) is 81.3 Å². The molecule has 5 rings (SSSR count). The molecule has 3 heterocycles. The fraction of sp³-hybridized carbons (Fsp3) is 0.0870. The van der Waals surface area contributed by atoms with E-state index in [1.165, 1.54) is 11.8 Å². The van der Waals surface area contributed by atoms with E-state index >= 15 is 0 Å². The Balaban J connectivity index is 1.47. The molecule has 5 aromatic rings. The minimum absolute atomic E-state index is 0.0928. The maximum absolute atomic E-state index is 13.3. The Hall–Kier alpha value is -3.89. The second kappa shape index (κ2) is 9.54. The molecule has 0 aliphatic heterocycles. The standard InChI is InChI=1S/C23H18ClN7O2S/c24-14-8-9-17-18(11-14)27-23(31(20(17)32)12-16-7-4-10-33-16)34-13-19-28-21(25)30-22(29-19)26-15-5-2-1-3-6-15/h1-11H,12-13H2,(H3,25,26,28,29,30). The number of nitrogens with zero attached hydrogens (tertiary/aromatic N) is 5. The summed E-state index contributed by atoms with van der Waals surface area (Å²) >= 11 is 7.45. The van der Waals surface area contributed by atoms with Crippen molar-refractivity contribution in [3.63, 3.8) is 0 Å². The zero-order valence-electron chi connectivity index (χ0n) is 17.7. The minimum atomic E-state index is -0.192. The third kappa shape index (κ3) is 4.87. The Morgan fingerprint density at radius 2 is 1.88 bits per heavy atom. The number of halogens is 1. The van der Waals surface area contributed by atoms with Gasteiger partial charge in [0.15, 0.2) is 5.16 Å². The van der Waals surface area contributed by atoms with Crippen LogP contribution in [0.4, 0.5) is 17.6 Å². The fourth-order valence-electron chi connectivity index (χ4n) is 3.32. The average molecular weight is 492 g/mol. The summed E-state index contributed by atoms with van der Waals surface area (Å²) in [4.78, 5) is 30.8. The third-order valence-electron chi connectivity index (χ3n) is 4.84. The van der Waals surface area contributed by atoms with Gasteiger partial charge in [-0.2, -0.15) is 15.0 Å². The molecule has 0 bridgehead atoms. The van der Waals surface area contributed by atoms with Crippen LogP contribution in [-0.2, 0) is 12.3 Å². The van der Waals surface area contributed by atoms with Crippen LogP contribution >= 0.6 is 23.4 Å². The molecule has 0 saturated carbocycles. The summed E-state index contributed by atoms with van der Waals surface area (Å²) in [6.07, 6.45) is 1.57. The molecule has 0 spiro atoms. The highest BCUT2D eigenvalue weighted by Crippen LogP contribution is 2.24. The van der Waals surface area contributed by atoms with Gasteiger partial charge in [-0.3, -0.25) is 9.36 Å². The molecule has 0 saturated heterocycles. The van der Waals surface area contributed by atoms with Crippen molar-refractivity contribution in [1.82, 2.24) is 24.5 Å². The van der Waals surface area contributed by atoms with Crippen molar-refractivity contribution in [3.05, 3.63) is 93.9 Å². The first-order valence-electron chi connectivity index (χ1n) is 10.2. The second-order valence-electron chi connectivity index (χ2n) is 7.24. The van der Waals surface area contributed by atoms with E-state index in [-0.39, 0.29) is 18.1 Å². The van der Waals surface area contributed by atoms with E-state index in [4.69, 9.17) is 21.8 Å². The highest BCUT2D eigenvalue weighted by atomic mass is 35.5. The molecular formula is C23H18ClN7O2S. The monoisotopic (exact) mass is 491 g/mol. The molecule has 0 radical (unpaired) electrons. The van der Waals surface area contributed by atoms with Gasteiger partial charge >= 0.3 is 0 Å². The molecule has 0 atom stereocenters. The van der Waals surface area contributed by atoms with E-state index in [0.717, 1.165) is 5.69 Å². The van der Waals surface area contributed by atoms with Gasteiger partial charge in [-0.25, -0.2) is 4.98 Å². The molecule has 3 N–H and O–H groups in total. The van der Waals surface area contributed by atoms with E-state index in [2.05, 4.69) is 25.3 Å². The van der Waals surface area contributed by atoms with Crippen molar-refractivity contribution in [2.75, 3.05) is 11.1 Å². The summed E-state index contributed by atoms with van der Waals surface area (Å²) in [5, 5.41) is 4.57. The van der Waals surface area contributed by atoms with Crippen LogP contribution in [0.2, 0.25) is 5.02 Å². The van der Waals surface area contributed by atoms with Gasteiger partial charge in [0.25, 0.3) is 5.56 Å². The molecule has 170 valence electrons. The van der Waals surface area contributed by atoms with Crippen LogP contribution in [0.25, 0.3) is 10.9 Å². The van der Waals surface area contributed by atoms with Gasteiger partial charge in [0.05, 0.1) is 29.5 Å². The lowest BCUT2D eigenvalue weighted by molar-refractivity contribution is 0.476. The number of hydrogen-bond donors (Lipinski definition) is 2. The van der Waals surface area contributed by atoms with E-state index < -0.39 is 0 Å². The lowest BCUT2D eigenvalue weighted by atomic mass is 10.2. The number of aromatic nitrogens is 5. The zero-order chi connectivity index (χ0) is 23.5. The smallest absolute Gasteiger partial charge is 0.262 e. The van der Waals surface area contributed by atoms with E-state index in [0.29, 0.717) is 44.4 Å². The Morgan fingerprint density at radius 1 is 1.03 bits per heavy atom. The lowest BCUT2D eigenvalue weighted by Crippen LogP contribution is -2.24. The highest BCUT2D eigenvalue weighted by molar-refractivity contribution is 7.98. The van der Waals surface area contributed by atoms with Gasteiger partial charge < -0.3 is 15.5 Å². The molecule has 0 fully saturated rings. The SMILES string of the molecule is Nc1nc(CSc2nc3cc(Cl)ccc3c(=O)n2Cc2ccco2)nc(Nc2ccccc2)n1. The van der Waals surface area contributed by atoms with Gasteiger partial charge in [0, 0.05) is 10.7 Å². The normalized spacial score (nSPS) is 11.1. The zero-order valence-corrected chi connectivity index (χ0v) is 19.3. The number of para-hydroxylation sites is 1. The number of nitrogens with two attached hydrogens (primary N) is 1. The van der Waals surface area contributed by atoms with E-state index in [1.807, 2.05) is 30.3 Å². The number of rotatable bonds is 7. The number of thioether (sulfide) groups is 1. The number of hydrogen-bond acceptors (Lipinski definition) is 9.